The molecule has 21 heavy (non-hydrogen) atoms. The molecule has 0 aliphatic rings. The molecule has 0 amide bonds. The second-order valence-electron chi connectivity index (χ2n) is 4.08. The van der Waals surface area contributed by atoms with Crippen LogP contribution in [0.1, 0.15) is 32.6 Å². The molecular formula is C10H20N4O6S. The summed E-state index contributed by atoms with van der Waals surface area (Å²) in [4.78, 5) is 3.77. The number of aromatic nitrogens is 2. The summed E-state index contributed by atoms with van der Waals surface area (Å²) in [5, 5.41) is 0. The van der Waals surface area contributed by atoms with Crippen molar-refractivity contribution in [2.75, 3.05) is 18.1 Å². The van der Waals surface area contributed by atoms with E-state index >= 15 is 0 Å². The van der Waals surface area contributed by atoms with Crippen LogP contribution in [0, 0.1) is 0 Å². The minimum atomic E-state index is -4.74. The Hall–Kier alpha value is -1.85. The molecule has 0 aromatic carbocycles. The fraction of sp³-hybridized carbons (Fsp3) is 0.600. The van der Waals surface area contributed by atoms with E-state index in [9.17, 15) is 8.42 Å². The van der Waals surface area contributed by atoms with E-state index in [4.69, 9.17) is 20.8 Å². The third-order valence-electron chi connectivity index (χ3n) is 2.36. The molecule has 0 saturated heterocycles. The van der Waals surface area contributed by atoms with Crippen molar-refractivity contribution in [2.24, 2.45) is 0 Å². The van der Waals surface area contributed by atoms with Gasteiger partial charge in [0.1, 0.15) is 0 Å². The summed E-state index contributed by atoms with van der Waals surface area (Å²) in [7, 11) is -4.74. The average molecular weight is 324 g/mol. The molecule has 1 rings (SSSR count). The number of nitrogens with two attached hydrogens (primary N) is 2. The van der Waals surface area contributed by atoms with Crippen LogP contribution in [0.25, 0.3) is 0 Å². The minimum absolute atomic E-state index is 0. The number of unbranched alkanes of at least 4 members (excludes halogenated alkanes) is 3. The van der Waals surface area contributed by atoms with E-state index in [0.717, 1.165) is 25.7 Å². The lowest BCUT2D eigenvalue weighted by atomic mass is 10.2. The molecule has 10 nitrogen and oxygen atoms in total. The maximum absolute atomic E-state index is 10.6. The molecule has 6 N–H and O–H groups in total. The number of hydrogen-bond acceptors (Lipinski definition) is 8. The largest absolute Gasteiger partial charge is 0.870 e. The third kappa shape index (κ3) is 6.92. The Kier molecular flexibility index (Phi) is 7.70. The summed E-state index contributed by atoms with van der Waals surface area (Å²) >= 11 is 0. The SMILES string of the molecule is CCCCCCOc1cc(N)[n+](OS(=O)(=O)O)c(N)n1.[OH-]. The number of rotatable bonds is 8. The van der Waals surface area contributed by atoms with Gasteiger partial charge in [0, 0.05) is 0 Å². The molecular weight excluding hydrogens is 304 g/mol. The lowest BCUT2D eigenvalue weighted by Gasteiger charge is -2.07. The highest BCUT2D eigenvalue weighted by Crippen LogP contribution is 2.11. The highest BCUT2D eigenvalue weighted by Gasteiger charge is 2.20. The van der Waals surface area contributed by atoms with Gasteiger partial charge in [-0.05, 0) is 11.2 Å². The van der Waals surface area contributed by atoms with Gasteiger partial charge in [0.15, 0.2) is 0 Å². The van der Waals surface area contributed by atoms with Crippen LogP contribution in [0.4, 0.5) is 11.8 Å². The van der Waals surface area contributed by atoms with Crippen LogP contribution in [-0.2, 0) is 10.4 Å². The normalized spacial score (nSPS) is 10.8. The molecule has 0 aliphatic heterocycles. The van der Waals surface area contributed by atoms with Gasteiger partial charge in [0.25, 0.3) is 5.88 Å². The number of nitrogens with zero attached hydrogens (tertiary/aromatic N) is 2. The minimum Gasteiger partial charge on any atom is -0.870 e. The zero-order chi connectivity index (χ0) is 15.2. The van der Waals surface area contributed by atoms with E-state index in [0.29, 0.717) is 11.3 Å². The molecule has 1 heterocycles. The Bertz CT molecular complexity index is 527. The van der Waals surface area contributed by atoms with Gasteiger partial charge in [-0.1, -0.05) is 31.2 Å². The van der Waals surface area contributed by atoms with Crippen LogP contribution < -0.4 is 25.2 Å². The topological polar surface area (TPSA) is 172 Å². The van der Waals surface area contributed by atoms with E-state index in [1.54, 1.807) is 0 Å². The van der Waals surface area contributed by atoms with E-state index in [1.165, 1.54) is 6.07 Å². The zero-order valence-corrected chi connectivity index (χ0v) is 12.4. The first kappa shape index (κ1) is 19.1. The van der Waals surface area contributed by atoms with Crippen molar-refractivity contribution in [3.8, 4) is 5.88 Å². The third-order valence-corrected chi connectivity index (χ3v) is 2.69. The number of anilines is 2. The molecule has 0 radical (unpaired) electrons. The Morgan fingerprint density at radius 3 is 2.52 bits per heavy atom. The van der Waals surface area contributed by atoms with Crippen LogP contribution in [0.3, 0.4) is 0 Å². The molecule has 11 heteroatoms. The quantitative estimate of drug-likeness (QED) is 0.325. The Balaban J connectivity index is 0.00000400. The Morgan fingerprint density at radius 1 is 1.33 bits per heavy atom. The van der Waals surface area contributed by atoms with E-state index in [2.05, 4.69) is 16.2 Å². The van der Waals surface area contributed by atoms with E-state index < -0.39 is 10.4 Å². The van der Waals surface area contributed by atoms with Crippen molar-refractivity contribution in [2.45, 2.75) is 32.6 Å². The summed E-state index contributed by atoms with van der Waals surface area (Å²) in [6.07, 6.45) is 4.15. The molecule has 0 bridgehead atoms. The predicted molar refractivity (Wildman–Crippen MR) is 73.0 cm³/mol. The highest BCUT2D eigenvalue weighted by atomic mass is 32.3. The summed E-state index contributed by atoms with van der Waals surface area (Å²) in [6.45, 7) is 2.56. The summed E-state index contributed by atoms with van der Waals surface area (Å²) in [6, 6.07) is 1.25. The van der Waals surface area contributed by atoms with Crippen molar-refractivity contribution in [1.29, 1.82) is 0 Å². The number of nitrogen functional groups attached to an aromatic ring is 2. The molecule has 0 saturated carbocycles. The maximum atomic E-state index is 10.6. The molecule has 1 aromatic rings. The van der Waals surface area contributed by atoms with Gasteiger partial charge in [-0.25, -0.2) is 4.28 Å². The van der Waals surface area contributed by atoms with Crippen LogP contribution in [0.15, 0.2) is 6.07 Å². The Morgan fingerprint density at radius 2 is 2.00 bits per heavy atom. The van der Waals surface area contributed by atoms with Gasteiger partial charge in [-0.15, -0.1) is 0 Å². The number of hydrogen-bond donors (Lipinski definition) is 3. The number of ether oxygens (including phenoxy) is 1. The molecule has 0 fully saturated rings. The molecule has 122 valence electrons. The summed E-state index contributed by atoms with van der Waals surface area (Å²) in [5.74, 6) is -0.364. The molecule has 0 atom stereocenters. The van der Waals surface area contributed by atoms with Crippen molar-refractivity contribution in [1.82, 2.24) is 4.98 Å². The summed E-state index contributed by atoms with van der Waals surface area (Å²) in [5.41, 5.74) is 11.0. The van der Waals surface area contributed by atoms with Crippen molar-refractivity contribution in [3.05, 3.63) is 6.07 Å². The molecule has 1 aromatic heterocycles. The van der Waals surface area contributed by atoms with Gasteiger partial charge in [0.2, 0.25) is 5.82 Å². The monoisotopic (exact) mass is 324 g/mol. The van der Waals surface area contributed by atoms with Crippen LogP contribution in [0.2, 0.25) is 0 Å². The highest BCUT2D eigenvalue weighted by molar-refractivity contribution is 7.80. The maximum Gasteiger partial charge on any atom is 0.474 e. The zero-order valence-electron chi connectivity index (χ0n) is 11.6. The van der Waals surface area contributed by atoms with Gasteiger partial charge in [0.05, 0.1) is 12.7 Å². The second-order valence-corrected chi connectivity index (χ2v) is 5.09. The van der Waals surface area contributed by atoms with Gasteiger partial charge >= 0.3 is 16.3 Å². The first-order valence-electron chi connectivity index (χ1n) is 6.11. The van der Waals surface area contributed by atoms with E-state index in [1.807, 2.05) is 0 Å². The van der Waals surface area contributed by atoms with Crippen LogP contribution >= 0.6 is 0 Å². The van der Waals surface area contributed by atoms with Crippen LogP contribution in [0.5, 0.6) is 5.88 Å². The first-order valence-corrected chi connectivity index (χ1v) is 7.48. The molecule has 0 aliphatic carbocycles. The van der Waals surface area contributed by atoms with E-state index in [-0.39, 0.29) is 23.1 Å². The van der Waals surface area contributed by atoms with Crippen molar-refractivity contribution < 1.29 is 32.2 Å². The molecule has 0 unspecified atom stereocenters. The average Bonchev–Trinajstić information content (AvgIpc) is 2.32. The van der Waals surface area contributed by atoms with Gasteiger partial charge in [-0.3, -0.25) is 4.55 Å². The summed E-state index contributed by atoms with van der Waals surface area (Å²) < 4.78 is 39.8. The van der Waals surface area contributed by atoms with Crippen molar-refractivity contribution >= 4 is 22.2 Å². The van der Waals surface area contributed by atoms with Gasteiger partial charge < -0.3 is 21.7 Å². The van der Waals surface area contributed by atoms with Gasteiger partial charge in [-0.2, -0.15) is 8.42 Å². The first-order chi connectivity index (χ1) is 9.33. The lowest BCUT2D eigenvalue weighted by Crippen LogP contribution is -2.50. The van der Waals surface area contributed by atoms with Crippen molar-refractivity contribution in [3.63, 3.8) is 0 Å². The smallest absolute Gasteiger partial charge is 0.474 e. The predicted octanol–water partition coefficient (Wildman–Crippen LogP) is -0.453. The fourth-order valence-electron chi connectivity index (χ4n) is 1.46. The Labute approximate surface area is 122 Å². The lowest BCUT2D eigenvalue weighted by molar-refractivity contribution is -0.835. The standard InChI is InChI=1S/C10H18N4O5S.H2O/c1-2-3-4-5-6-18-9-7-8(11)14(10(12)13-9)19-20(15,16)17;/h7H,2-6H2,1H3,(H4,11,12,13,15,16,17);1H2. The second kappa shape index (κ2) is 8.44. The fourth-order valence-corrected chi connectivity index (χ4v) is 1.81. The van der Waals surface area contributed by atoms with Crippen LogP contribution in [-0.4, -0.2) is 30.0 Å². The molecule has 0 spiro atoms.